The van der Waals surface area contributed by atoms with E-state index < -0.39 is 5.82 Å². The van der Waals surface area contributed by atoms with Gasteiger partial charge in [0.05, 0.1) is 12.7 Å². The number of thiophene rings is 1. The van der Waals surface area contributed by atoms with Gasteiger partial charge in [0.15, 0.2) is 5.82 Å². The lowest BCUT2D eigenvalue weighted by Crippen LogP contribution is -2.26. The van der Waals surface area contributed by atoms with Crippen molar-refractivity contribution in [1.82, 2.24) is 19.2 Å². The van der Waals surface area contributed by atoms with E-state index in [2.05, 4.69) is 5.10 Å². The summed E-state index contributed by atoms with van der Waals surface area (Å²) in [4.78, 5) is 15.8. The van der Waals surface area contributed by atoms with Gasteiger partial charge in [0.1, 0.15) is 17.1 Å². The number of amides is 1. The predicted octanol–water partition coefficient (Wildman–Crippen LogP) is 4.14. The third-order valence-corrected chi connectivity index (χ3v) is 5.08. The molecular formula is C20H17FN4OS. The summed E-state index contributed by atoms with van der Waals surface area (Å²) in [6, 6.07) is 14.0. The largest absolute Gasteiger partial charge is 0.336 e. The summed E-state index contributed by atoms with van der Waals surface area (Å²) in [5.74, 6) is -0.0669. The molecule has 1 aromatic carbocycles. The summed E-state index contributed by atoms with van der Waals surface area (Å²) in [7, 11) is 1.75. The minimum absolute atomic E-state index is 0.172. The van der Waals surface area contributed by atoms with Gasteiger partial charge in [-0.15, -0.1) is 11.3 Å². The summed E-state index contributed by atoms with van der Waals surface area (Å²) < 4.78 is 17.6. The molecule has 5 nitrogen and oxygen atoms in total. The topological polar surface area (TPSA) is 43.1 Å². The number of nitrogens with zero attached hydrogens (tertiary/aromatic N) is 4. The highest BCUT2D eigenvalue weighted by atomic mass is 32.1. The number of carbonyl (C=O) groups is 1. The van der Waals surface area contributed by atoms with Crippen molar-refractivity contribution < 1.29 is 9.18 Å². The number of carbonyl (C=O) groups excluding carboxylic acids is 1. The molecule has 0 saturated carbocycles. The van der Waals surface area contributed by atoms with Crippen molar-refractivity contribution in [2.24, 2.45) is 0 Å². The first-order valence-electron chi connectivity index (χ1n) is 8.39. The van der Waals surface area contributed by atoms with Crippen LogP contribution in [0.1, 0.15) is 15.2 Å². The quantitative estimate of drug-likeness (QED) is 0.522. The van der Waals surface area contributed by atoms with Crippen molar-refractivity contribution in [3.05, 3.63) is 88.8 Å². The third-order valence-electron chi connectivity index (χ3n) is 4.22. The van der Waals surface area contributed by atoms with Crippen LogP contribution in [0.2, 0.25) is 0 Å². The van der Waals surface area contributed by atoms with Crippen LogP contribution in [0.5, 0.6) is 0 Å². The fourth-order valence-electron chi connectivity index (χ4n) is 2.93. The molecule has 0 aliphatic heterocycles. The average Bonchev–Trinajstić information content (AvgIpc) is 3.42. The molecule has 0 spiro atoms. The second kappa shape index (κ2) is 7.20. The molecule has 0 radical (unpaired) electrons. The van der Waals surface area contributed by atoms with E-state index in [0.29, 0.717) is 23.6 Å². The van der Waals surface area contributed by atoms with Crippen LogP contribution in [-0.4, -0.2) is 32.2 Å². The Bertz CT molecular complexity index is 1050. The zero-order chi connectivity index (χ0) is 18.8. The Morgan fingerprint density at radius 2 is 1.93 bits per heavy atom. The molecule has 27 heavy (non-hydrogen) atoms. The number of hydrogen-bond acceptors (Lipinski definition) is 3. The molecule has 0 aliphatic carbocycles. The van der Waals surface area contributed by atoms with E-state index in [0.717, 1.165) is 4.88 Å². The SMILES string of the molecule is CN(Cc1cccs1)C(=O)c1cnn(-c2ccccc2F)c1-n1cccc1. The van der Waals surface area contributed by atoms with Crippen LogP contribution < -0.4 is 0 Å². The lowest BCUT2D eigenvalue weighted by Gasteiger charge is -2.17. The zero-order valence-electron chi connectivity index (χ0n) is 14.6. The molecule has 0 fully saturated rings. The predicted molar refractivity (Wildman–Crippen MR) is 103 cm³/mol. The van der Waals surface area contributed by atoms with E-state index >= 15 is 0 Å². The van der Waals surface area contributed by atoms with Crippen molar-refractivity contribution in [2.45, 2.75) is 6.54 Å². The highest BCUT2D eigenvalue weighted by Crippen LogP contribution is 2.23. The summed E-state index contributed by atoms with van der Waals surface area (Å²) in [5, 5.41) is 6.30. The van der Waals surface area contributed by atoms with Gasteiger partial charge in [-0.2, -0.15) is 5.10 Å². The van der Waals surface area contributed by atoms with Gasteiger partial charge < -0.3 is 9.47 Å². The highest BCUT2D eigenvalue weighted by Gasteiger charge is 2.23. The van der Waals surface area contributed by atoms with Crippen LogP contribution >= 0.6 is 11.3 Å². The Kier molecular flexibility index (Phi) is 4.60. The van der Waals surface area contributed by atoms with Crippen molar-refractivity contribution >= 4 is 17.2 Å². The second-order valence-electron chi connectivity index (χ2n) is 6.08. The van der Waals surface area contributed by atoms with Gasteiger partial charge in [-0.05, 0) is 35.7 Å². The van der Waals surface area contributed by atoms with Crippen molar-refractivity contribution in [2.75, 3.05) is 7.05 Å². The molecule has 1 amide bonds. The van der Waals surface area contributed by atoms with Gasteiger partial charge >= 0.3 is 0 Å². The van der Waals surface area contributed by atoms with E-state index in [1.165, 1.54) is 16.9 Å². The van der Waals surface area contributed by atoms with E-state index in [-0.39, 0.29) is 5.91 Å². The number of halogens is 1. The first-order valence-corrected chi connectivity index (χ1v) is 9.27. The van der Waals surface area contributed by atoms with Crippen LogP contribution in [0.15, 0.2) is 72.5 Å². The second-order valence-corrected chi connectivity index (χ2v) is 7.11. The third kappa shape index (κ3) is 3.29. The minimum Gasteiger partial charge on any atom is -0.336 e. The van der Waals surface area contributed by atoms with Crippen molar-refractivity contribution in [1.29, 1.82) is 0 Å². The first-order chi connectivity index (χ1) is 13.1. The molecule has 0 bridgehead atoms. The number of hydrogen-bond donors (Lipinski definition) is 0. The molecule has 0 unspecified atom stereocenters. The molecule has 4 aromatic rings. The average molecular weight is 380 g/mol. The minimum atomic E-state index is -0.403. The number of para-hydroxylation sites is 1. The Labute approximate surface area is 159 Å². The zero-order valence-corrected chi connectivity index (χ0v) is 15.4. The molecular weight excluding hydrogens is 363 g/mol. The van der Waals surface area contributed by atoms with Crippen LogP contribution in [0, 0.1) is 5.82 Å². The Morgan fingerprint density at radius 3 is 2.63 bits per heavy atom. The molecule has 3 heterocycles. The molecule has 136 valence electrons. The summed E-state index contributed by atoms with van der Waals surface area (Å²) >= 11 is 1.60. The van der Waals surface area contributed by atoms with Crippen molar-refractivity contribution in [3.8, 4) is 11.5 Å². The van der Waals surface area contributed by atoms with Crippen LogP contribution in [0.25, 0.3) is 11.5 Å². The Hall–Kier alpha value is -3.19. The molecule has 0 atom stereocenters. The van der Waals surface area contributed by atoms with E-state index in [9.17, 15) is 9.18 Å². The van der Waals surface area contributed by atoms with Gasteiger partial charge in [0.2, 0.25) is 0 Å². The first kappa shape index (κ1) is 17.2. The van der Waals surface area contributed by atoms with Crippen LogP contribution in [0.4, 0.5) is 4.39 Å². The normalized spacial score (nSPS) is 10.9. The number of aromatic nitrogens is 3. The molecule has 0 aliphatic rings. The van der Waals surface area contributed by atoms with Gasteiger partial charge in [0.25, 0.3) is 5.91 Å². The summed E-state index contributed by atoms with van der Waals surface area (Å²) in [6.07, 6.45) is 5.11. The molecule has 0 N–H and O–H groups in total. The summed E-state index contributed by atoms with van der Waals surface area (Å²) in [6.45, 7) is 0.506. The van der Waals surface area contributed by atoms with Gasteiger partial charge in [-0.1, -0.05) is 18.2 Å². The molecule has 4 rings (SSSR count). The maximum Gasteiger partial charge on any atom is 0.259 e. The van der Waals surface area contributed by atoms with E-state index in [1.54, 1.807) is 46.1 Å². The standard InChI is InChI=1S/C20H17FN4OS/c1-23(14-15-7-6-12-27-15)20(26)16-13-22-25(18-9-3-2-8-17(18)21)19(16)24-10-4-5-11-24/h2-13H,14H2,1H3. The van der Waals surface area contributed by atoms with Gasteiger partial charge in [-0.25, -0.2) is 9.07 Å². The van der Waals surface area contributed by atoms with Crippen molar-refractivity contribution in [3.63, 3.8) is 0 Å². The number of rotatable bonds is 5. The molecule has 3 aromatic heterocycles. The highest BCUT2D eigenvalue weighted by molar-refractivity contribution is 7.09. The lowest BCUT2D eigenvalue weighted by atomic mass is 10.2. The van der Waals surface area contributed by atoms with E-state index in [4.69, 9.17) is 0 Å². The smallest absolute Gasteiger partial charge is 0.259 e. The van der Waals surface area contributed by atoms with Gasteiger partial charge in [-0.3, -0.25) is 4.79 Å². The summed E-state index contributed by atoms with van der Waals surface area (Å²) in [5.41, 5.74) is 0.703. The van der Waals surface area contributed by atoms with Crippen LogP contribution in [0.3, 0.4) is 0 Å². The fraction of sp³-hybridized carbons (Fsp3) is 0.100. The monoisotopic (exact) mass is 380 g/mol. The van der Waals surface area contributed by atoms with Gasteiger partial charge in [0, 0.05) is 24.3 Å². The van der Waals surface area contributed by atoms with Crippen LogP contribution in [-0.2, 0) is 6.54 Å². The Balaban J connectivity index is 1.77. The molecule has 0 saturated heterocycles. The fourth-order valence-corrected chi connectivity index (χ4v) is 3.69. The Morgan fingerprint density at radius 1 is 1.15 bits per heavy atom. The molecule has 7 heteroatoms. The lowest BCUT2D eigenvalue weighted by molar-refractivity contribution is 0.0786. The van der Waals surface area contributed by atoms with E-state index in [1.807, 2.05) is 42.0 Å². The number of benzene rings is 1. The maximum atomic E-state index is 14.4. The maximum absolute atomic E-state index is 14.4.